The molecule has 3 nitrogen and oxygen atoms in total. The molecule has 1 saturated carbocycles. The molecule has 0 heterocycles. The van der Waals surface area contributed by atoms with Gasteiger partial charge in [-0.15, -0.1) is 0 Å². The highest BCUT2D eigenvalue weighted by Crippen LogP contribution is 2.20. The summed E-state index contributed by atoms with van der Waals surface area (Å²) >= 11 is 0. The minimum Gasteiger partial charge on any atom is -0.395 e. The van der Waals surface area contributed by atoms with E-state index in [1.165, 1.54) is 25.7 Å². The lowest BCUT2D eigenvalue weighted by Gasteiger charge is -2.20. The summed E-state index contributed by atoms with van der Waals surface area (Å²) in [6, 6.07) is 0.611. The van der Waals surface area contributed by atoms with Crippen LogP contribution in [0.2, 0.25) is 0 Å². The zero-order chi connectivity index (χ0) is 11.1. The van der Waals surface area contributed by atoms with E-state index in [-0.39, 0.29) is 12.6 Å². The Morgan fingerprint density at radius 1 is 1.33 bits per heavy atom. The molecule has 0 aromatic carbocycles. The van der Waals surface area contributed by atoms with Crippen molar-refractivity contribution >= 4 is 0 Å². The summed E-state index contributed by atoms with van der Waals surface area (Å²) in [5.41, 5.74) is 0. The van der Waals surface area contributed by atoms with Gasteiger partial charge in [-0.25, -0.2) is 0 Å². The standard InChI is InChI=1S/C12H25NO2/c1-10(2)13-11(9-14)7-8-15-12-5-3-4-6-12/h10-14H,3-9H2,1-2H3. The molecule has 15 heavy (non-hydrogen) atoms. The minimum absolute atomic E-state index is 0.186. The fraction of sp³-hybridized carbons (Fsp3) is 1.00. The molecule has 0 radical (unpaired) electrons. The van der Waals surface area contributed by atoms with Crippen molar-refractivity contribution in [2.45, 2.75) is 64.1 Å². The Morgan fingerprint density at radius 2 is 2.00 bits per heavy atom. The average Bonchev–Trinajstić information content (AvgIpc) is 2.68. The Kier molecular flexibility index (Phi) is 6.22. The van der Waals surface area contributed by atoms with Gasteiger partial charge in [-0.1, -0.05) is 26.7 Å². The van der Waals surface area contributed by atoms with Crippen LogP contribution in [0.4, 0.5) is 0 Å². The highest BCUT2D eigenvalue weighted by atomic mass is 16.5. The first kappa shape index (κ1) is 12.9. The zero-order valence-corrected chi connectivity index (χ0v) is 10.0. The van der Waals surface area contributed by atoms with Gasteiger partial charge in [0.15, 0.2) is 0 Å². The lowest BCUT2D eigenvalue weighted by Crippen LogP contribution is -2.38. The SMILES string of the molecule is CC(C)NC(CO)CCOC1CCCC1. The molecule has 1 fully saturated rings. The van der Waals surface area contributed by atoms with E-state index in [1.807, 2.05) is 0 Å². The van der Waals surface area contributed by atoms with Crippen LogP contribution in [0.5, 0.6) is 0 Å². The van der Waals surface area contributed by atoms with E-state index < -0.39 is 0 Å². The molecule has 0 spiro atoms. The number of ether oxygens (including phenoxy) is 1. The molecule has 90 valence electrons. The van der Waals surface area contributed by atoms with Crippen LogP contribution >= 0.6 is 0 Å². The number of aliphatic hydroxyl groups is 1. The summed E-state index contributed by atoms with van der Waals surface area (Å²) < 4.78 is 5.77. The van der Waals surface area contributed by atoms with E-state index in [9.17, 15) is 0 Å². The van der Waals surface area contributed by atoms with Crippen LogP contribution in [-0.4, -0.2) is 36.5 Å². The molecule has 0 amide bonds. The van der Waals surface area contributed by atoms with Gasteiger partial charge in [-0.2, -0.15) is 0 Å². The highest BCUT2D eigenvalue weighted by Gasteiger charge is 2.16. The van der Waals surface area contributed by atoms with Crippen LogP contribution in [0.1, 0.15) is 46.0 Å². The van der Waals surface area contributed by atoms with Gasteiger partial charge in [0.25, 0.3) is 0 Å². The maximum atomic E-state index is 9.15. The predicted octanol–water partition coefficient (Wildman–Crippen LogP) is 1.69. The normalized spacial score (nSPS) is 20.0. The summed E-state index contributed by atoms with van der Waals surface area (Å²) in [5, 5.41) is 12.5. The lowest BCUT2D eigenvalue weighted by molar-refractivity contribution is 0.0474. The van der Waals surface area contributed by atoms with Crippen molar-refractivity contribution in [1.29, 1.82) is 0 Å². The topological polar surface area (TPSA) is 41.5 Å². The van der Waals surface area contributed by atoms with Gasteiger partial charge in [-0.3, -0.25) is 0 Å². The molecule has 1 unspecified atom stereocenters. The Hall–Kier alpha value is -0.120. The van der Waals surface area contributed by atoms with Gasteiger partial charge < -0.3 is 15.2 Å². The van der Waals surface area contributed by atoms with Crippen LogP contribution in [0.25, 0.3) is 0 Å². The molecule has 0 aliphatic heterocycles. The van der Waals surface area contributed by atoms with E-state index in [1.54, 1.807) is 0 Å². The van der Waals surface area contributed by atoms with Gasteiger partial charge in [0.1, 0.15) is 0 Å². The van der Waals surface area contributed by atoms with Gasteiger partial charge in [0.2, 0.25) is 0 Å². The van der Waals surface area contributed by atoms with Crippen LogP contribution in [0, 0.1) is 0 Å². The molecular weight excluding hydrogens is 190 g/mol. The molecule has 0 bridgehead atoms. The van der Waals surface area contributed by atoms with Crippen molar-refractivity contribution in [2.24, 2.45) is 0 Å². The Morgan fingerprint density at radius 3 is 2.53 bits per heavy atom. The summed E-state index contributed by atoms with van der Waals surface area (Å²) in [6.07, 6.45) is 6.48. The van der Waals surface area contributed by atoms with Crippen molar-refractivity contribution in [3.63, 3.8) is 0 Å². The quantitative estimate of drug-likeness (QED) is 0.679. The molecule has 3 heteroatoms. The lowest BCUT2D eigenvalue weighted by atomic mass is 10.2. The Labute approximate surface area is 93.2 Å². The number of nitrogens with one attached hydrogen (secondary N) is 1. The third kappa shape index (κ3) is 5.50. The monoisotopic (exact) mass is 215 g/mol. The van der Waals surface area contributed by atoms with Gasteiger partial charge in [0.05, 0.1) is 12.7 Å². The van der Waals surface area contributed by atoms with Crippen LogP contribution in [-0.2, 0) is 4.74 Å². The molecule has 0 saturated heterocycles. The molecule has 1 aliphatic rings. The van der Waals surface area contributed by atoms with Crippen molar-refractivity contribution < 1.29 is 9.84 Å². The van der Waals surface area contributed by atoms with Gasteiger partial charge >= 0.3 is 0 Å². The van der Waals surface area contributed by atoms with Crippen molar-refractivity contribution in [2.75, 3.05) is 13.2 Å². The van der Waals surface area contributed by atoms with E-state index >= 15 is 0 Å². The molecule has 0 aromatic heterocycles. The third-order valence-corrected chi connectivity index (χ3v) is 2.91. The second kappa shape index (κ2) is 7.20. The van der Waals surface area contributed by atoms with Crippen LogP contribution in [0.15, 0.2) is 0 Å². The van der Waals surface area contributed by atoms with Crippen molar-refractivity contribution in [3.8, 4) is 0 Å². The van der Waals surface area contributed by atoms with Gasteiger partial charge in [-0.05, 0) is 19.3 Å². The van der Waals surface area contributed by atoms with Crippen LogP contribution in [0.3, 0.4) is 0 Å². The molecule has 0 aromatic rings. The number of rotatable bonds is 7. The Bertz CT molecular complexity index is 156. The molecule has 1 rings (SSSR count). The first-order valence-electron chi connectivity index (χ1n) is 6.21. The summed E-state index contributed by atoms with van der Waals surface area (Å²) in [7, 11) is 0. The Balaban J connectivity index is 2.05. The minimum atomic E-state index is 0.186. The molecule has 1 atom stereocenters. The summed E-state index contributed by atoms with van der Waals surface area (Å²) in [6.45, 7) is 5.17. The van der Waals surface area contributed by atoms with Gasteiger partial charge in [0, 0.05) is 18.7 Å². The average molecular weight is 215 g/mol. The van der Waals surface area contributed by atoms with E-state index in [0.717, 1.165) is 13.0 Å². The maximum absolute atomic E-state index is 9.15. The molecule has 1 aliphatic carbocycles. The maximum Gasteiger partial charge on any atom is 0.0585 e. The van der Waals surface area contributed by atoms with E-state index in [4.69, 9.17) is 9.84 Å². The number of hydrogen-bond donors (Lipinski definition) is 2. The van der Waals surface area contributed by atoms with Crippen LogP contribution < -0.4 is 5.32 Å². The summed E-state index contributed by atoms with van der Waals surface area (Å²) in [4.78, 5) is 0. The highest BCUT2D eigenvalue weighted by molar-refractivity contribution is 4.70. The summed E-state index contributed by atoms with van der Waals surface area (Å²) in [5.74, 6) is 0. The van der Waals surface area contributed by atoms with E-state index in [0.29, 0.717) is 12.1 Å². The molecule has 2 N–H and O–H groups in total. The fourth-order valence-electron chi connectivity index (χ4n) is 2.13. The number of hydrogen-bond acceptors (Lipinski definition) is 3. The smallest absolute Gasteiger partial charge is 0.0585 e. The first-order valence-corrected chi connectivity index (χ1v) is 6.21. The largest absolute Gasteiger partial charge is 0.395 e. The van der Waals surface area contributed by atoms with Crippen molar-refractivity contribution in [3.05, 3.63) is 0 Å². The predicted molar refractivity (Wildman–Crippen MR) is 62.0 cm³/mol. The fourth-order valence-corrected chi connectivity index (χ4v) is 2.13. The third-order valence-electron chi connectivity index (χ3n) is 2.91. The number of aliphatic hydroxyl groups excluding tert-OH is 1. The zero-order valence-electron chi connectivity index (χ0n) is 10.0. The second-order valence-electron chi connectivity index (χ2n) is 4.77. The second-order valence-corrected chi connectivity index (χ2v) is 4.77. The van der Waals surface area contributed by atoms with E-state index in [2.05, 4.69) is 19.2 Å². The molecular formula is C12H25NO2. The first-order chi connectivity index (χ1) is 7.22. The van der Waals surface area contributed by atoms with Crippen molar-refractivity contribution in [1.82, 2.24) is 5.32 Å².